The highest BCUT2D eigenvalue weighted by molar-refractivity contribution is 7.12. The van der Waals surface area contributed by atoms with Gasteiger partial charge in [-0.2, -0.15) is 13.2 Å². The van der Waals surface area contributed by atoms with Gasteiger partial charge in [-0.15, -0.1) is 11.3 Å². The number of aryl methyl sites for hydroxylation is 1. The fraction of sp³-hybridized carbons (Fsp3) is 0.286. The van der Waals surface area contributed by atoms with Crippen LogP contribution in [-0.4, -0.2) is 0 Å². The summed E-state index contributed by atoms with van der Waals surface area (Å²) < 4.78 is 50.8. The first-order valence-electron chi connectivity index (χ1n) is 6.08. The average Bonchev–Trinajstić information content (AvgIpc) is 2.84. The van der Waals surface area contributed by atoms with E-state index in [1.165, 1.54) is 4.88 Å². The molecule has 1 heterocycles. The summed E-state index contributed by atoms with van der Waals surface area (Å²) in [5, 5.41) is 2.81. The molecule has 1 aromatic heterocycles. The Bertz CT molecular complexity index is 589. The van der Waals surface area contributed by atoms with E-state index in [-0.39, 0.29) is 5.69 Å². The van der Waals surface area contributed by atoms with Crippen molar-refractivity contribution in [3.63, 3.8) is 0 Å². The first-order chi connectivity index (χ1) is 9.40. The number of benzene rings is 1. The van der Waals surface area contributed by atoms with E-state index in [4.69, 9.17) is 0 Å². The third-order valence-corrected chi connectivity index (χ3v) is 4.04. The van der Waals surface area contributed by atoms with Gasteiger partial charge in [-0.25, -0.2) is 4.39 Å². The monoisotopic (exact) mass is 303 g/mol. The molecule has 1 aromatic carbocycles. The molecule has 1 N–H and O–H groups in total. The van der Waals surface area contributed by atoms with E-state index >= 15 is 0 Å². The van der Waals surface area contributed by atoms with Gasteiger partial charge in [-0.05, 0) is 36.8 Å². The largest absolute Gasteiger partial charge is 0.416 e. The fourth-order valence-electron chi connectivity index (χ4n) is 1.72. The number of rotatable bonds is 4. The summed E-state index contributed by atoms with van der Waals surface area (Å²) in [6, 6.07) is 6.42. The van der Waals surface area contributed by atoms with E-state index in [0.717, 1.165) is 23.4 Å². The molecule has 2 rings (SSSR count). The molecule has 0 amide bonds. The van der Waals surface area contributed by atoms with Gasteiger partial charge in [-0.1, -0.05) is 6.92 Å². The van der Waals surface area contributed by atoms with Crippen molar-refractivity contribution in [3.8, 4) is 0 Å². The summed E-state index contributed by atoms with van der Waals surface area (Å²) >= 11 is 1.60. The van der Waals surface area contributed by atoms with Crippen LogP contribution in [0.2, 0.25) is 0 Å². The highest BCUT2D eigenvalue weighted by atomic mass is 32.1. The second-order valence-corrected chi connectivity index (χ2v) is 5.52. The van der Waals surface area contributed by atoms with E-state index in [0.29, 0.717) is 12.6 Å². The van der Waals surface area contributed by atoms with Gasteiger partial charge in [0.25, 0.3) is 0 Å². The van der Waals surface area contributed by atoms with Crippen LogP contribution < -0.4 is 5.32 Å². The number of alkyl halides is 3. The lowest BCUT2D eigenvalue weighted by atomic mass is 10.2. The summed E-state index contributed by atoms with van der Waals surface area (Å²) in [6.07, 6.45) is -3.59. The highest BCUT2D eigenvalue weighted by Crippen LogP contribution is 2.31. The third-order valence-electron chi connectivity index (χ3n) is 2.82. The van der Waals surface area contributed by atoms with Crippen molar-refractivity contribution in [2.45, 2.75) is 26.1 Å². The zero-order chi connectivity index (χ0) is 14.8. The predicted molar refractivity (Wildman–Crippen MR) is 72.4 cm³/mol. The van der Waals surface area contributed by atoms with Crippen LogP contribution in [0.15, 0.2) is 30.3 Å². The predicted octanol–water partition coefficient (Wildman–Crippen LogP) is 5.08. The maximum atomic E-state index is 13.6. The van der Waals surface area contributed by atoms with Crippen LogP contribution in [0, 0.1) is 5.82 Å². The van der Waals surface area contributed by atoms with Gasteiger partial charge in [0.15, 0.2) is 0 Å². The lowest BCUT2D eigenvalue weighted by Gasteiger charge is -2.10. The second-order valence-electron chi connectivity index (χ2n) is 4.27. The Morgan fingerprint density at radius 1 is 1.10 bits per heavy atom. The van der Waals surface area contributed by atoms with E-state index in [9.17, 15) is 17.6 Å². The topological polar surface area (TPSA) is 12.0 Å². The zero-order valence-electron chi connectivity index (χ0n) is 10.7. The molecule has 20 heavy (non-hydrogen) atoms. The molecular formula is C14H13F4NS. The Balaban J connectivity index is 2.06. The molecule has 0 aliphatic rings. The van der Waals surface area contributed by atoms with Gasteiger partial charge in [0.1, 0.15) is 5.82 Å². The molecule has 0 spiro atoms. The Morgan fingerprint density at radius 3 is 2.35 bits per heavy atom. The highest BCUT2D eigenvalue weighted by Gasteiger charge is 2.31. The maximum absolute atomic E-state index is 13.6. The first kappa shape index (κ1) is 14.8. The van der Waals surface area contributed by atoms with Crippen LogP contribution in [-0.2, 0) is 19.1 Å². The van der Waals surface area contributed by atoms with Crippen LogP contribution in [0.25, 0.3) is 0 Å². The minimum absolute atomic E-state index is 0.0736. The molecule has 0 bridgehead atoms. The van der Waals surface area contributed by atoms with E-state index in [1.54, 1.807) is 11.3 Å². The van der Waals surface area contributed by atoms with E-state index in [2.05, 4.69) is 5.32 Å². The first-order valence-corrected chi connectivity index (χ1v) is 6.90. The molecule has 0 saturated heterocycles. The lowest BCUT2D eigenvalue weighted by molar-refractivity contribution is -0.137. The molecule has 108 valence electrons. The summed E-state index contributed by atoms with van der Waals surface area (Å²) in [5.41, 5.74) is -0.908. The number of hydrogen-bond acceptors (Lipinski definition) is 2. The smallest absolute Gasteiger partial charge is 0.378 e. The lowest BCUT2D eigenvalue weighted by Crippen LogP contribution is -2.07. The van der Waals surface area contributed by atoms with Crippen molar-refractivity contribution in [3.05, 3.63) is 51.5 Å². The van der Waals surface area contributed by atoms with Gasteiger partial charge in [0.05, 0.1) is 11.3 Å². The molecule has 0 atom stereocenters. The molecule has 6 heteroatoms. The molecule has 2 aromatic rings. The van der Waals surface area contributed by atoms with E-state index < -0.39 is 17.6 Å². The van der Waals surface area contributed by atoms with Crippen LogP contribution in [0.5, 0.6) is 0 Å². The minimum Gasteiger partial charge on any atom is -0.378 e. The molecular weight excluding hydrogens is 290 g/mol. The molecule has 0 aliphatic heterocycles. The zero-order valence-corrected chi connectivity index (χ0v) is 11.5. The van der Waals surface area contributed by atoms with Gasteiger partial charge in [0, 0.05) is 16.3 Å². The average molecular weight is 303 g/mol. The molecule has 0 fully saturated rings. The van der Waals surface area contributed by atoms with Gasteiger partial charge < -0.3 is 5.32 Å². The Labute approximate surface area is 118 Å². The molecule has 0 radical (unpaired) electrons. The summed E-state index contributed by atoms with van der Waals surface area (Å²) in [5.74, 6) is -0.896. The van der Waals surface area contributed by atoms with Crippen molar-refractivity contribution in [2.24, 2.45) is 0 Å². The molecule has 0 aliphatic carbocycles. The maximum Gasteiger partial charge on any atom is 0.416 e. The van der Waals surface area contributed by atoms with Crippen LogP contribution in [0.1, 0.15) is 22.2 Å². The standard InChI is InChI=1S/C14H13F4NS/c1-2-10-4-5-11(20-10)8-19-13-6-3-9(7-12(13)15)14(16,17)18/h3-7,19H,2,8H2,1H3. The van der Waals surface area contributed by atoms with Crippen molar-refractivity contribution < 1.29 is 17.6 Å². The number of anilines is 1. The summed E-state index contributed by atoms with van der Waals surface area (Å²) in [7, 11) is 0. The third kappa shape index (κ3) is 3.50. The van der Waals surface area contributed by atoms with Crippen molar-refractivity contribution in [1.29, 1.82) is 0 Å². The Morgan fingerprint density at radius 2 is 1.80 bits per heavy atom. The molecule has 1 nitrogen and oxygen atoms in total. The number of halogens is 4. The van der Waals surface area contributed by atoms with Crippen LogP contribution in [0.4, 0.5) is 23.2 Å². The fourth-order valence-corrected chi connectivity index (χ4v) is 2.62. The van der Waals surface area contributed by atoms with Gasteiger partial charge in [-0.3, -0.25) is 0 Å². The van der Waals surface area contributed by atoms with Crippen LogP contribution in [0.3, 0.4) is 0 Å². The van der Waals surface area contributed by atoms with Gasteiger partial charge >= 0.3 is 6.18 Å². The summed E-state index contributed by atoms with van der Waals surface area (Å²) in [4.78, 5) is 2.23. The number of thiophene rings is 1. The molecule has 0 saturated carbocycles. The number of nitrogens with one attached hydrogen (secondary N) is 1. The number of hydrogen-bond donors (Lipinski definition) is 1. The second kappa shape index (κ2) is 5.83. The minimum atomic E-state index is -4.52. The van der Waals surface area contributed by atoms with Crippen molar-refractivity contribution >= 4 is 17.0 Å². The van der Waals surface area contributed by atoms with E-state index in [1.807, 2.05) is 19.1 Å². The Hall–Kier alpha value is -1.56. The van der Waals surface area contributed by atoms with Crippen molar-refractivity contribution in [2.75, 3.05) is 5.32 Å². The summed E-state index contributed by atoms with van der Waals surface area (Å²) in [6.45, 7) is 2.44. The Kier molecular flexibility index (Phi) is 4.32. The van der Waals surface area contributed by atoms with Gasteiger partial charge in [0.2, 0.25) is 0 Å². The molecule has 0 unspecified atom stereocenters. The van der Waals surface area contributed by atoms with Crippen LogP contribution >= 0.6 is 11.3 Å². The van der Waals surface area contributed by atoms with Crippen molar-refractivity contribution in [1.82, 2.24) is 0 Å². The quantitative estimate of drug-likeness (QED) is 0.777. The normalized spacial score (nSPS) is 11.7. The SMILES string of the molecule is CCc1ccc(CNc2ccc(C(F)(F)F)cc2F)s1.